The molecule has 0 aliphatic carbocycles. The fourth-order valence-corrected chi connectivity index (χ4v) is 3.08. The largest absolute Gasteiger partial charge is 0.490 e. The molecule has 142 valence electrons. The number of hydrogen-bond donors (Lipinski definition) is 2. The Bertz CT molecular complexity index is 838. The van der Waals surface area contributed by atoms with Crippen molar-refractivity contribution in [1.29, 1.82) is 0 Å². The van der Waals surface area contributed by atoms with Crippen molar-refractivity contribution in [2.75, 3.05) is 18.5 Å². The molecule has 2 aromatic carbocycles. The first-order valence-corrected chi connectivity index (χ1v) is 8.94. The molecule has 2 aromatic rings. The summed E-state index contributed by atoms with van der Waals surface area (Å²) in [6.07, 6.45) is 1.87. The number of aryl methyl sites for hydroxylation is 2. The smallest absolute Gasteiger partial charge is 0.336 e. The van der Waals surface area contributed by atoms with Gasteiger partial charge in [-0.25, -0.2) is 4.79 Å². The van der Waals surface area contributed by atoms with Crippen molar-refractivity contribution in [2.45, 2.75) is 32.8 Å². The molecule has 6 heteroatoms. The van der Waals surface area contributed by atoms with E-state index in [1.807, 2.05) is 6.92 Å². The number of nitrogens with one attached hydrogen (secondary N) is 1. The number of carboxylic acid groups (broad SMARTS) is 1. The van der Waals surface area contributed by atoms with Gasteiger partial charge in [0.1, 0.15) is 11.9 Å². The molecule has 0 saturated carbocycles. The number of carbonyl (C=O) groups is 2. The molecule has 0 radical (unpaired) electrons. The molecular formula is C21H23NO5. The molecule has 3 rings (SSSR count). The maximum atomic E-state index is 12.5. The number of rotatable bonds is 5. The van der Waals surface area contributed by atoms with Crippen LogP contribution >= 0.6 is 0 Å². The van der Waals surface area contributed by atoms with E-state index in [2.05, 4.69) is 5.32 Å². The maximum absolute atomic E-state index is 12.5. The highest BCUT2D eigenvalue weighted by Gasteiger charge is 2.16. The fraction of sp³-hybridized carbons (Fsp3) is 0.333. The molecule has 1 fully saturated rings. The van der Waals surface area contributed by atoms with E-state index in [9.17, 15) is 14.7 Å². The number of carboxylic acids is 1. The number of benzene rings is 2. The number of hydrogen-bond acceptors (Lipinski definition) is 4. The van der Waals surface area contributed by atoms with E-state index in [-0.39, 0.29) is 17.6 Å². The van der Waals surface area contributed by atoms with E-state index in [0.29, 0.717) is 30.0 Å². The highest BCUT2D eigenvalue weighted by Crippen LogP contribution is 2.23. The normalized spacial score (nSPS) is 14.6. The van der Waals surface area contributed by atoms with Gasteiger partial charge in [0.15, 0.2) is 0 Å². The first-order valence-electron chi connectivity index (χ1n) is 8.94. The summed E-state index contributed by atoms with van der Waals surface area (Å²) in [5.41, 5.74) is 2.62. The molecular weight excluding hydrogens is 346 g/mol. The molecule has 1 heterocycles. The van der Waals surface area contributed by atoms with Gasteiger partial charge in [-0.1, -0.05) is 6.07 Å². The summed E-state index contributed by atoms with van der Waals surface area (Å²) in [5, 5.41) is 12.1. The summed E-state index contributed by atoms with van der Waals surface area (Å²) in [6, 6.07) is 10.2. The molecule has 2 N–H and O–H groups in total. The van der Waals surface area contributed by atoms with Crippen molar-refractivity contribution in [3.05, 3.63) is 58.7 Å². The van der Waals surface area contributed by atoms with Gasteiger partial charge in [-0.15, -0.1) is 0 Å². The zero-order valence-corrected chi connectivity index (χ0v) is 15.5. The second-order valence-corrected chi connectivity index (χ2v) is 6.70. The van der Waals surface area contributed by atoms with Gasteiger partial charge >= 0.3 is 5.97 Å². The van der Waals surface area contributed by atoms with E-state index >= 15 is 0 Å². The minimum atomic E-state index is -1.02. The number of ether oxygens (including phenoxy) is 2. The highest BCUT2D eigenvalue weighted by atomic mass is 16.5. The van der Waals surface area contributed by atoms with Crippen LogP contribution in [0.15, 0.2) is 36.4 Å². The Labute approximate surface area is 158 Å². The van der Waals surface area contributed by atoms with Crippen molar-refractivity contribution in [3.63, 3.8) is 0 Å². The standard InChI is InChI=1S/C21H23NO5/c1-13-11-14(2)19(12-18(13)21(24)25)22-20(23)15-3-5-16(6-4-15)27-17-7-9-26-10-8-17/h3-6,11-12,17H,7-10H2,1-2H3,(H,22,23)(H,24,25). The van der Waals surface area contributed by atoms with Gasteiger partial charge in [-0.3, -0.25) is 4.79 Å². The van der Waals surface area contributed by atoms with E-state index in [1.54, 1.807) is 37.3 Å². The average molecular weight is 369 g/mol. The third-order valence-corrected chi connectivity index (χ3v) is 4.64. The molecule has 27 heavy (non-hydrogen) atoms. The minimum Gasteiger partial charge on any atom is -0.490 e. The van der Waals surface area contributed by atoms with Crippen molar-refractivity contribution >= 4 is 17.6 Å². The van der Waals surface area contributed by atoms with Gasteiger partial charge in [0, 0.05) is 24.1 Å². The lowest BCUT2D eigenvalue weighted by atomic mass is 10.0. The zero-order valence-electron chi connectivity index (χ0n) is 15.5. The number of carbonyl (C=O) groups excluding carboxylic acids is 1. The third kappa shape index (κ3) is 4.65. The van der Waals surface area contributed by atoms with Crippen LogP contribution in [0, 0.1) is 13.8 Å². The van der Waals surface area contributed by atoms with Crippen molar-refractivity contribution in [2.24, 2.45) is 0 Å². The molecule has 0 unspecified atom stereocenters. The van der Waals surface area contributed by atoms with Gasteiger partial charge in [-0.2, -0.15) is 0 Å². The van der Waals surface area contributed by atoms with Crippen LogP contribution < -0.4 is 10.1 Å². The van der Waals surface area contributed by atoms with Crippen LogP contribution in [0.4, 0.5) is 5.69 Å². The predicted octanol–water partition coefficient (Wildman–Crippen LogP) is 3.81. The van der Waals surface area contributed by atoms with Crippen LogP contribution in [0.25, 0.3) is 0 Å². The van der Waals surface area contributed by atoms with Gasteiger partial charge in [0.25, 0.3) is 5.91 Å². The monoisotopic (exact) mass is 369 g/mol. The van der Waals surface area contributed by atoms with E-state index in [1.165, 1.54) is 6.07 Å². The summed E-state index contributed by atoms with van der Waals surface area (Å²) in [7, 11) is 0. The highest BCUT2D eigenvalue weighted by molar-refractivity contribution is 6.05. The van der Waals surface area contributed by atoms with Crippen LogP contribution in [-0.2, 0) is 4.74 Å². The van der Waals surface area contributed by atoms with Crippen molar-refractivity contribution in [3.8, 4) is 5.75 Å². The molecule has 6 nitrogen and oxygen atoms in total. The molecule has 0 bridgehead atoms. The molecule has 1 saturated heterocycles. The van der Waals surface area contributed by atoms with E-state index in [4.69, 9.17) is 9.47 Å². The number of anilines is 1. The summed E-state index contributed by atoms with van der Waals surface area (Å²) < 4.78 is 11.2. The Hall–Kier alpha value is -2.86. The van der Waals surface area contributed by atoms with Gasteiger partial charge in [0.2, 0.25) is 0 Å². The lowest BCUT2D eigenvalue weighted by molar-refractivity contribution is 0.0255. The molecule has 1 aliphatic rings. The maximum Gasteiger partial charge on any atom is 0.336 e. The molecule has 0 spiro atoms. The lowest BCUT2D eigenvalue weighted by Crippen LogP contribution is -2.25. The van der Waals surface area contributed by atoms with Gasteiger partial charge in [-0.05, 0) is 55.3 Å². The van der Waals surface area contributed by atoms with Crippen LogP contribution in [0.1, 0.15) is 44.7 Å². The zero-order chi connectivity index (χ0) is 19.4. The first-order chi connectivity index (χ1) is 12.9. The number of amides is 1. The summed E-state index contributed by atoms with van der Waals surface area (Å²) in [6.45, 7) is 4.98. The third-order valence-electron chi connectivity index (χ3n) is 4.64. The molecule has 0 atom stereocenters. The van der Waals surface area contributed by atoms with Crippen molar-refractivity contribution < 1.29 is 24.2 Å². The second-order valence-electron chi connectivity index (χ2n) is 6.70. The molecule has 1 aliphatic heterocycles. The Balaban J connectivity index is 1.69. The molecule has 0 aromatic heterocycles. The minimum absolute atomic E-state index is 0.142. The summed E-state index contributed by atoms with van der Waals surface area (Å²) >= 11 is 0. The SMILES string of the molecule is Cc1cc(C)c(C(=O)O)cc1NC(=O)c1ccc(OC2CCOCC2)cc1. The number of aromatic carboxylic acids is 1. The summed E-state index contributed by atoms with van der Waals surface area (Å²) in [4.78, 5) is 23.8. The Morgan fingerprint density at radius 3 is 2.37 bits per heavy atom. The van der Waals surface area contributed by atoms with Crippen LogP contribution in [0.2, 0.25) is 0 Å². The van der Waals surface area contributed by atoms with E-state index < -0.39 is 5.97 Å². The van der Waals surface area contributed by atoms with Crippen LogP contribution in [-0.4, -0.2) is 36.3 Å². The van der Waals surface area contributed by atoms with Crippen LogP contribution in [0.3, 0.4) is 0 Å². The quantitative estimate of drug-likeness (QED) is 0.837. The first kappa shape index (κ1) is 18.9. The predicted molar refractivity (Wildman–Crippen MR) is 102 cm³/mol. The Morgan fingerprint density at radius 2 is 1.74 bits per heavy atom. The average Bonchev–Trinajstić information content (AvgIpc) is 2.65. The fourth-order valence-electron chi connectivity index (χ4n) is 3.08. The lowest BCUT2D eigenvalue weighted by Gasteiger charge is -2.23. The summed E-state index contributed by atoms with van der Waals surface area (Å²) in [5.74, 6) is -0.591. The second kappa shape index (κ2) is 8.22. The van der Waals surface area contributed by atoms with Gasteiger partial charge in [0.05, 0.1) is 18.8 Å². The van der Waals surface area contributed by atoms with Gasteiger partial charge < -0.3 is 19.9 Å². The topological polar surface area (TPSA) is 84.9 Å². The van der Waals surface area contributed by atoms with Crippen molar-refractivity contribution in [1.82, 2.24) is 0 Å². The van der Waals surface area contributed by atoms with E-state index in [0.717, 1.165) is 24.2 Å². The molecule has 1 amide bonds. The Kier molecular flexibility index (Phi) is 5.76. The van der Waals surface area contributed by atoms with Crippen LogP contribution in [0.5, 0.6) is 5.75 Å². The Morgan fingerprint density at radius 1 is 1.07 bits per heavy atom.